The molecule has 124 valence electrons. The summed E-state index contributed by atoms with van der Waals surface area (Å²) in [5, 5.41) is 3.83. The number of rotatable bonds is 4. The van der Waals surface area contributed by atoms with Crippen LogP contribution in [0.1, 0.15) is 30.5 Å². The van der Waals surface area contributed by atoms with Crippen molar-refractivity contribution in [1.82, 2.24) is 5.16 Å². The van der Waals surface area contributed by atoms with Gasteiger partial charge in [-0.25, -0.2) is 0 Å². The highest BCUT2D eigenvalue weighted by Crippen LogP contribution is 2.32. The van der Waals surface area contributed by atoms with Crippen LogP contribution < -0.4 is 0 Å². The normalized spacial score (nSPS) is 19.0. The lowest BCUT2D eigenvalue weighted by molar-refractivity contribution is -0.169. The van der Waals surface area contributed by atoms with Gasteiger partial charge in [-0.15, -0.1) is 0 Å². The van der Waals surface area contributed by atoms with Crippen LogP contribution >= 0.6 is 0 Å². The summed E-state index contributed by atoms with van der Waals surface area (Å²) in [6.07, 6.45) is -1.72. The molecule has 0 aliphatic carbocycles. The number of hydrogen-bond acceptors (Lipinski definition) is 4. The van der Waals surface area contributed by atoms with E-state index in [1.165, 1.54) is 6.07 Å². The first-order valence-electron chi connectivity index (χ1n) is 7.39. The van der Waals surface area contributed by atoms with Gasteiger partial charge in [0.25, 0.3) is 0 Å². The van der Waals surface area contributed by atoms with Crippen LogP contribution in [0.15, 0.2) is 34.9 Å². The summed E-state index contributed by atoms with van der Waals surface area (Å²) in [5.74, 6) is 0.277. The Morgan fingerprint density at radius 1 is 1.22 bits per heavy atom. The van der Waals surface area contributed by atoms with E-state index in [-0.39, 0.29) is 18.7 Å². The molecule has 4 nitrogen and oxygen atoms in total. The average molecular weight is 327 g/mol. The summed E-state index contributed by atoms with van der Waals surface area (Å²) in [7, 11) is 0. The van der Waals surface area contributed by atoms with Gasteiger partial charge in [0.2, 0.25) is 0 Å². The zero-order valence-corrected chi connectivity index (χ0v) is 12.3. The van der Waals surface area contributed by atoms with Crippen molar-refractivity contribution in [3.8, 4) is 11.3 Å². The van der Waals surface area contributed by atoms with E-state index in [1.54, 1.807) is 12.1 Å². The Bertz CT molecular complexity index is 648. The van der Waals surface area contributed by atoms with Crippen LogP contribution in [0.5, 0.6) is 0 Å². The quantitative estimate of drug-likeness (QED) is 0.835. The number of benzene rings is 1. The van der Waals surface area contributed by atoms with Crippen molar-refractivity contribution in [3.05, 3.63) is 41.6 Å². The van der Waals surface area contributed by atoms with Gasteiger partial charge in [0.05, 0.1) is 12.2 Å². The third-order valence-electron chi connectivity index (χ3n) is 3.59. The van der Waals surface area contributed by atoms with E-state index >= 15 is 0 Å². The molecule has 1 aromatic carbocycles. The number of aromatic nitrogens is 1. The fraction of sp³-hybridized carbons (Fsp3) is 0.438. The first-order valence-corrected chi connectivity index (χ1v) is 7.39. The predicted molar refractivity (Wildman–Crippen MR) is 75.3 cm³/mol. The lowest BCUT2D eigenvalue weighted by atomic mass is 10.1. The minimum Gasteiger partial charge on any atom is -0.356 e. The van der Waals surface area contributed by atoms with Gasteiger partial charge in [-0.1, -0.05) is 17.3 Å². The maximum absolute atomic E-state index is 12.7. The summed E-state index contributed by atoms with van der Waals surface area (Å²) in [4.78, 5) is 0. The maximum atomic E-state index is 12.7. The van der Waals surface area contributed by atoms with Gasteiger partial charge in [-0.2, -0.15) is 13.2 Å². The molecule has 1 saturated heterocycles. The molecule has 0 amide bonds. The van der Waals surface area contributed by atoms with E-state index in [9.17, 15) is 13.2 Å². The molecule has 1 fully saturated rings. The van der Waals surface area contributed by atoms with Gasteiger partial charge < -0.3 is 14.0 Å². The third kappa shape index (κ3) is 4.11. The van der Waals surface area contributed by atoms with E-state index in [4.69, 9.17) is 14.0 Å². The van der Waals surface area contributed by atoms with Crippen LogP contribution in [0, 0.1) is 0 Å². The fourth-order valence-corrected chi connectivity index (χ4v) is 2.39. The van der Waals surface area contributed by atoms with Crippen LogP contribution in [-0.2, 0) is 22.3 Å². The average Bonchev–Trinajstić information content (AvgIpc) is 3.02. The minimum atomic E-state index is -4.39. The van der Waals surface area contributed by atoms with Crippen LogP contribution in [0.4, 0.5) is 13.2 Å². The Kier molecular flexibility index (Phi) is 4.68. The van der Waals surface area contributed by atoms with Crippen LogP contribution in [0.2, 0.25) is 0 Å². The van der Waals surface area contributed by atoms with Gasteiger partial charge in [0.15, 0.2) is 12.1 Å². The zero-order chi connectivity index (χ0) is 16.3. The molecule has 1 aliphatic rings. The second-order valence-electron chi connectivity index (χ2n) is 5.37. The van der Waals surface area contributed by atoms with E-state index in [2.05, 4.69) is 5.16 Å². The molecule has 0 spiro atoms. The Morgan fingerprint density at radius 3 is 2.83 bits per heavy atom. The Hall–Kier alpha value is -1.86. The molecule has 0 bridgehead atoms. The van der Waals surface area contributed by atoms with Crippen LogP contribution in [-0.4, -0.2) is 18.1 Å². The molecule has 0 saturated carbocycles. The summed E-state index contributed by atoms with van der Waals surface area (Å²) in [6.45, 7) is 0.881. The van der Waals surface area contributed by atoms with E-state index in [0.717, 1.165) is 31.4 Å². The molecule has 2 heterocycles. The molecule has 23 heavy (non-hydrogen) atoms. The molecule has 0 N–H and O–H groups in total. The third-order valence-corrected chi connectivity index (χ3v) is 3.59. The number of ether oxygens (including phenoxy) is 2. The lowest BCUT2D eigenvalue weighted by Crippen LogP contribution is -2.22. The standard InChI is InChI=1S/C16H16F3NO3/c17-16(18,19)12-5-3-4-11(8-12)14-9-13(20-23-14)10-22-15-6-1-2-7-21-15/h3-5,8-9,15H,1-2,6-7,10H2. The highest BCUT2D eigenvalue weighted by molar-refractivity contribution is 5.58. The first-order chi connectivity index (χ1) is 11.0. The number of nitrogens with zero attached hydrogens (tertiary/aromatic N) is 1. The fourth-order valence-electron chi connectivity index (χ4n) is 2.39. The molecule has 7 heteroatoms. The van der Waals surface area contributed by atoms with Gasteiger partial charge in [0.1, 0.15) is 5.69 Å². The van der Waals surface area contributed by atoms with Gasteiger partial charge in [0, 0.05) is 18.2 Å². The topological polar surface area (TPSA) is 44.5 Å². The van der Waals surface area contributed by atoms with Crippen LogP contribution in [0.3, 0.4) is 0 Å². The van der Waals surface area contributed by atoms with E-state index in [0.29, 0.717) is 17.9 Å². The van der Waals surface area contributed by atoms with Crippen molar-refractivity contribution in [3.63, 3.8) is 0 Å². The van der Waals surface area contributed by atoms with Crippen molar-refractivity contribution in [2.75, 3.05) is 6.61 Å². The Labute approximate surface area is 131 Å². The first kappa shape index (κ1) is 16.0. The highest BCUT2D eigenvalue weighted by atomic mass is 19.4. The van der Waals surface area contributed by atoms with E-state index in [1.807, 2.05) is 0 Å². The van der Waals surface area contributed by atoms with Crippen molar-refractivity contribution in [2.24, 2.45) is 0 Å². The highest BCUT2D eigenvalue weighted by Gasteiger charge is 2.30. The Balaban J connectivity index is 1.67. The maximum Gasteiger partial charge on any atom is 0.416 e. The molecule has 1 aliphatic heterocycles. The van der Waals surface area contributed by atoms with Gasteiger partial charge >= 0.3 is 6.18 Å². The SMILES string of the molecule is FC(F)(F)c1cccc(-c2cc(COC3CCCCO3)no2)c1. The predicted octanol–water partition coefficient (Wildman–Crippen LogP) is 4.40. The van der Waals surface area contributed by atoms with Gasteiger partial charge in [-0.3, -0.25) is 0 Å². The molecule has 3 rings (SSSR count). The largest absolute Gasteiger partial charge is 0.416 e. The summed E-state index contributed by atoms with van der Waals surface area (Å²) in [5.41, 5.74) is 0.124. The summed E-state index contributed by atoms with van der Waals surface area (Å²) in [6, 6.07) is 6.52. The minimum absolute atomic E-state index is 0.202. The molecule has 0 radical (unpaired) electrons. The van der Waals surface area contributed by atoms with Crippen molar-refractivity contribution < 1.29 is 27.2 Å². The molecular weight excluding hydrogens is 311 g/mol. The molecule has 1 atom stereocenters. The molecule has 2 aromatic rings. The summed E-state index contributed by atoms with van der Waals surface area (Å²) >= 11 is 0. The van der Waals surface area contributed by atoms with E-state index < -0.39 is 11.7 Å². The van der Waals surface area contributed by atoms with Crippen LogP contribution in [0.25, 0.3) is 11.3 Å². The van der Waals surface area contributed by atoms with Crippen molar-refractivity contribution in [2.45, 2.75) is 38.3 Å². The van der Waals surface area contributed by atoms with Crippen molar-refractivity contribution >= 4 is 0 Å². The number of hydrogen-bond donors (Lipinski definition) is 0. The lowest BCUT2D eigenvalue weighted by Gasteiger charge is -2.21. The number of alkyl halides is 3. The van der Waals surface area contributed by atoms with Gasteiger partial charge in [-0.05, 0) is 31.4 Å². The van der Waals surface area contributed by atoms with Crippen molar-refractivity contribution in [1.29, 1.82) is 0 Å². The molecule has 1 aromatic heterocycles. The monoisotopic (exact) mass is 327 g/mol. The summed E-state index contributed by atoms with van der Waals surface area (Å²) < 4.78 is 54.3. The molecular formula is C16H16F3NO3. The second kappa shape index (κ2) is 6.72. The molecule has 1 unspecified atom stereocenters. The smallest absolute Gasteiger partial charge is 0.356 e. The number of halogens is 3. The second-order valence-corrected chi connectivity index (χ2v) is 5.37. The Morgan fingerprint density at radius 2 is 2.09 bits per heavy atom. The zero-order valence-electron chi connectivity index (χ0n) is 12.3.